The number of nitrogens with zero attached hydrogens (tertiary/aromatic N) is 1. The minimum Gasteiger partial charge on any atom is -0.372 e. The van der Waals surface area contributed by atoms with Crippen molar-refractivity contribution in [1.82, 2.24) is 5.32 Å². The molecule has 2 rings (SSSR count). The Morgan fingerprint density at radius 2 is 1.81 bits per heavy atom. The summed E-state index contributed by atoms with van der Waals surface area (Å²) in [4.78, 5) is 14.2. The molecule has 0 bridgehead atoms. The van der Waals surface area contributed by atoms with Crippen LogP contribution in [-0.4, -0.2) is 19.0 Å². The number of nitrogens with one attached hydrogen (secondary N) is 1. The highest BCUT2D eigenvalue weighted by molar-refractivity contribution is 5.75. The van der Waals surface area contributed by atoms with Crippen LogP contribution in [0.2, 0.25) is 0 Å². The average Bonchev–Trinajstić information content (AvgIpc) is 2.52. The van der Waals surface area contributed by atoms with E-state index in [1.165, 1.54) is 43.6 Å². The molecule has 1 amide bonds. The molecule has 1 N–H and O–H groups in total. The van der Waals surface area contributed by atoms with Crippen molar-refractivity contribution in [1.29, 1.82) is 0 Å². The van der Waals surface area contributed by atoms with Gasteiger partial charge in [-0.15, -0.1) is 0 Å². The SMILES string of the molecule is CC(C)CCC(=O)NCc1ccc(N2CCCCC2)cc1. The molecule has 1 fully saturated rings. The fraction of sp³-hybridized carbons (Fsp3) is 0.611. The summed E-state index contributed by atoms with van der Waals surface area (Å²) in [5, 5.41) is 3.00. The number of carbonyl (C=O) groups excluding carboxylic acids is 1. The van der Waals surface area contributed by atoms with E-state index in [0.29, 0.717) is 18.9 Å². The van der Waals surface area contributed by atoms with Gasteiger partial charge in [-0.25, -0.2) is 0 Å². The minimum absolute atomic E-state index is 0.156. The van der Waals surface area contributed by atoms with Crippen molar-refractivity contribution < 1.29 is 4.79 Å². The lowest BCUT2D eigenvalue weighted by Gasteiger charge is -2.28. The van der Waals surface area contributed by atoms with Crippen molar-refractivity contribution in [3.05, 3.63) is 29.8 Å². The van der Waals surface area contributed by atoms with E-state index in [1.807, 2.05) is 0 Å². The summed E-state index contributed by atoms with van der Waals surface area (Å²) in [6.07, 6.45) is 5.54. The van der Waals surface area contributed by atoms with Crippen molar-refractivity contribution in [3.63, 3.8) is 0 Å². The van der Waals surface area contributed by atoms with Gasteiger partial charge < -0.3 is 10.2 Å². The maximum absolute atomic E-state index is 11.7. The maximum atomic E-state index is 11.7. The molecule has 1 heterocycles. The standard InChI is InChI=1S/C18H28N2O/c1-15(2)6-11-18(21)19-14-16-7-9-17(10-8-16)20-12-4-3-5-13-20/h7-10,15H,3-6,11-14H2,1-2H3,(H,19,21). The zero-order valence-electron chi connectivity index (χ0n) is 13.4. The van der Waals surface area contributed by atoms with Gasteiger partial charge in [-0.2, -0.15) is 0 Å². The maximum Gasteiger partial charge on any atom is 0.220 e. The Bertz CT molecular complexity index is 433. The molecule has 1 saturated heterocycles. The Morgan fingerprint density at radius 1 is 1.14 bits per heavy atom. The molecule has 0 saturated carbocycles. The lowest BCUT2D eigenvalue weighted by molar-refractivity contribution is -0.121. The average molecular weight is 288 g/mol. The molecule has 3 nitrogen and oxygen atoms in total. The number of rotatable bonds is 6. The highest BCUT2D eigenvalue weighted by Gasteiger charge is 2.10. The molecule has 0 atom stereocenters. The molecule has 1 aromatic rings. The highest BCUT2D eigenvalue weighted by Crippen LogP contribution is 2.20. The molecule has 21 heavy (non-hydrogen) atoms. The van der Waals surface area contributed by atoms with E-state index in [1.54, 1.807) is 0 Å². The molecule has 0 radical (unpaired) electrons. The number of anilines is 1. The van der Waals surface area contributed by atoms with Crippen LogP contribution < -0.4 is 10.2 Å². The second kappa shape index (κ2) is 8.06. The van der Waals surface area contributed by atoms with Gasteiger partial charge in [0.25, 0.3) is 0 Å². The van der Waals surface area contributed by atoms with Crippen LogP contribution in [0.3, 0.4) is 0 Å². The van der Waals surface area contributed by atoms with Crippen LogP contribution in [0.15, 0.2) is 24.3 Å². The lowest BCUT2D eigenvalue weighted by atomic mass is 10.1. The summed E-state index contributed by atoms with van der Waals surface area (Å²) in [6, 6.07) is 8.63. The van der Waals surface area contributed by atoms with Crippen LogP contribution in [0.4, 0.5) is 5.69 Å². The van der Waals surface area contributed by atoms with Crippen LogP contribution in [0.5, 0.6) is 0 Å². The number of piperidine rings is 1. The summed E-state index contributed by atoms with van der Waals surface area (Å²) >= 11 is 0. The second-order valence-corrected chi connectivity index (χ2v) is 6.42. The number of amides is 1. The molecule has 3 heteroatoms. The molecule has 0 unspecified atom stereocenters. The first-order valence-electron chi connectivity index (χ1n) is 8.26. The number of carbonyl (C=O) groups is 1. The predicted molar refractivity (Wildman–Crippen MR) is 88.4 cm³/mol. The summed E-state index contributed by atoms with van der Waals surface area (Å²) in [6.45, 7) is 7.27. The fourth-order valence-corrected chi connectivity index (χ4v) is 2.69. The van der Waals surface area contributed by atoms with E-state index in [0.717, 1.165) is 6.42 Å². The predicted octanol–water partition coefficient (Wildman–Crippen LogP) is 3.73. The number of hydrogen-bond donors (Lipinski definition) is 1. The third-order valence-corrected chi connectivity index (χ3v) is 4.10. The van der Waals surface area contributed by atoms with Crippen molar-refractivity contribution in [2.24, 2.45) is 5.92 Å². The van der Waals surface area contributed by atoms with Crippen LogP contribution in [0.1, 0.15) is 51.5 Å². The normalized spacial score (nSPS) is 15.3. The first kappa shape index (κ1) is 15.9. The minimum atomic E-state index is 0.156. The first-order valence-corrected chi connectivity index (χ1v) is 8.26. The van der Waals surface area contributed by atoms with Crippen molar-refractivity contribution in [2.45, 2.75) is 52.5 Å². The summed E-state index contributed by atoms with van der Waals surface area (Å²) in [7, 11) is 0. The van der Waals surface area contributed by atoms with Crippen LogP contribution in [-0.2, 0) is 11.3 Å². The van der Waals surface area contributed by atoms with Crippen LogP contribution >= 0.6 is 0 Å². The summed E-state index contributed by atoms with van der Waals surface area (Å²) in [5.41, 5.74) is 2.48. The molecule has 1 aliphatic heterocycles. The van der Waals surface area contributed by atoms with E-state index < -0.39 is 0 Å². The van der Waals surface area contributed by atoms with Crippen LogP contribution in [0, 0.1) is 5.92 Å². The molecular formula is C18H28N2O. The first-order chi connectivity index (χ1) is 10.1. The van der Waals surface area contributed by atoms with Gasteiger partial charge in [0.05, 0.1) is 0 Å². The molecule has 1 aromatic carbocycles. The topological polar surface area (TPSA) is 32.3 Å². The molecule has 1 aliphatic rings. The van der Waals surface area contributed by atoms with Gasteiger partial charge >= 0.3 is 0 Å². The Hall–Kier alpha value is -1.51. The third kappa shape index (κ3) is 5.41. The monoisotopic (exact) mass is 288 g/mol. The second-order valence-electron chi connectivity index (χ2n) is 6.42. The van der Waals surface area contributed by atoms with Gasteiger partial charge in [-0.1, -0.05) is 26.0 Å². The van der Waals surface area contributed by atoms with Gasteiger partial charge in [0.1, 0.15) is 0 Å². The zero-order chi connectivity index (χ0) is 15.1. The fourth-order valence-electron chi connectivity index (χ4n) is 2.69. The van der Waals surface area contributed by atoms with E-state index in [-0.39, 0.29) is 5.91 Å². The number of hydrogen-bond acceptors (Lipinski definition) is 2. The van der Waals surface area contributed by atoms with E-state index in [9.17, 15) is 4.79 Å². The summed E-state index contributed by atoms with van der Waals surface area (Å²) < 4.78 is 0. The summed E-state index contributed by atoms with van der Waals surface area (Å²) in [5.74, 6) is 0.739. The molecule has 0 aromatic heterocycles. The highest BCUT2D eigenvalue weighted by atomic mass is 16.1. The third-order valence-electron chi connectivity index (χ3n) is 4.10. The van der Waals surface area contributed by atoms with Gasteiger partial charge in [0.2, 0.25) is 5.91 Å². The zero-order valence-corrected chi connectivity index (χ0v) is 13.4. The Morgan fingerprint density at radius 3 is 2.43 bits per heavy atom. The molecule has 0 aliphatic carbocycles. The van der Waals surface area contributed by atoms with Crippen LogP contribution in [0.25, 0.3) is 0 Å². The van der Waals surface area contributed by atoms with E-state index >= 15 is 0 Å². The van der Waals surface area contributed by atoms with E-state index in [4.69, 9.17) is 0 Å². The van der Waals surface area contributed by atoms with Crippen molar-refractivity contribution in [3.8, 4) is 0 Å². The molecule has 116 valence electrons. The van der Waals surface area contributed by atoms with Crippen molar-refractivity contribution >= 4 is 11.6 Å². The van der Waals surface area contributed by atoms with Crippen molar-refractivity contribution in [2.75, 3.05) is 18.0 Å². The Balaban J connectivity index is 1.78. The van der Waals surface area contributed by atoms with Gasteiger partial charge in [-0.3, -0.25) is 4.79 Å². The van der Waals surface area contributed by atoms with E-state index in [2.05, 4.69) is 48.3 Å². The molecule has 0 spiro atoms. The largest absolute Gasteiger partial charge is 0.372 e. The van der Waals surface area contributed by atoms with Gasteiger partial charge in [0.15, 0.2) is 0 Å². The Labute approximate surface area is 128 Å². The lowest BCUT2D eigenvalue weighted by Crippen LogP contribution is -2.29. The smallest absolute Gasteiger partial charge is 0.220 e. The Kier molecular flexibility index (Phi) is 6.09. The quantitative estimate of drug-likeness (QED) is 0.865. The molecular weight excluding hydrogens is 260 g/mol. The number of benzene rings is 1. The van der Waals surface area contributed by atoms with Gasteiger partial charge in [-0.05, 0) is 49.3 Å². The van der Waals surface area contributed by atoms with Gasteiger partial charge in [0, 0.05) is 31.7 Å².